The predicted octanol–water partition coefficient (Wildman–Crippen LogP) is 4.49. The Morgan fingerprint density at radius 1 is 0.643 bits per heavy atom. The molecular weight excluding hydrogens is 343 g/mol. The zero-order valence-corrected chi connectivity index (χ0v) is 16.0. The fraction of sp³-hybridized carbons (Fsp3) is 0.120. The Hall–Kier alpha value is -2.88. The van der Waals surface area contributed by atoms with Gasteiger partial charge in [-0.05, 0) is 61.7 Å². The SMILES string of the molecule is CC1(C)c2cc(B(O)O)ccc2-c2ccc(-c3ccc4ccccc4c3)cc21. The number of rotatable bonds is 2. The van der Waals surface area contributed by atoms with Crippen LogP contribution >= 0.6 is 0 Å². The van der Waals surface area contributed by atoms with Crippen LogP contribution in [-0.4, -0.2) is 17.2 Å². The van der Waals surface area contributed by atoms with Crippen molar-refractivity contribution >= 4 is 23.4 Å². The van der Waals surface area contributed by atoms with Crippen LogP contribution in [0.5, 0.6) is 0 Å². The van der Waals surface area contributed by atoms with E-state index in [4.69, 9.17) is 0 Å². The van der Waals surface area contributed by atoms with Crippen molar-refractivity contribution in [3.8, 4) is 22.3 Å². The van der Waals surface area contributed by atoms with E-state index in [1.54, 1.807) is 6.07 Å². The van der Waals surface area contributed by atoms with Crippen LogP contribution in [0.25, 0.3) is 33.0 Å². The molecule has 0 bridgehead atoms. The first kappa shape index (κ1) is 17.2. The molecule has 0 atom stereocenters. The highest BCUT2D eigenvalue weighted by atomic mass is 16.4. The summed E-state index contributed by atoms with van der Waals surface area (Å²) in [5.41, 5.74) is 7.57. The summed E-state index contributed by atoms with van der Waals surface area (Å²) in [5, 5.41) is 21.6. The third-order valence-corrected chi connectivity index (χ3v) is 6.08. The first-order chi connectivity index (χ1) is 13.4. The van der Waals surface area contributed by atoms with Gasteiger partial charge in [-0.1, -0.05) is 80.6 Å². The van der Waals surface area contributed by atoms with Crippen molar-refractivity contribution in [2.75, 3.05) is 0 Å². The Labute approximate surface area is 165 Å². The molecule has 2 N–H and O–H groups in total. The molecule has 0 saturated heterocycles. The van der Waals surface area contributed by atoms with Gasteiger partial charge in [-0.25, -0.2) is 0 Å². The molecule has 4 aromatic carbocycles. The van der Waals surface area contributed by atoms with E-state index in [9.17, 15) is 10.0 Å². The largest absolute Gasteiger partial charge is 0.488 e. The Bertz CT molecular complexity index is 1220. The maximum atomic E-state index is 9.58. The molecule has 0 heterocycles. The quantitative estimate of drug-likeness (QED) is 0.515. The van der Waals surface area contributed by atoms with Gasteiger partial charge in [0.25, 0.3) is 0 Å². The maximum Gasteiger partial charge on any atom is 0.488 e. The average Bonchev–Trinajstić information content (AvgIpc) is 2.94. The van der Waals surface area contributed by atoms with Gasteiger partial charge >= 0.3 is 7.12 Å². The molecule has 4 aromatic rings. The lowest BCUT2D eigenvalue weighted by Gasteiger charge is -2.22. The van der Waals surface area contributed by atoms with Crippen molar-refractivity contribution in [3.05, 3.63) is 90.0 Å². The molecule has 5 rings (SSSR count). The summed E-state index contributed by atoms with van der Waals surface area (Å²) in [5.74, 6) is 0. The second-order valence-electron chi connectivity index (χ2n) is 8.13. The molecule has 1 aliphatic rings. The van der Waals surface area contributed by atoms with Crippen LogP contribution in [0.1, 0.15) is 25.0 Å². The summed E-state index contributed by atoms with van der Waals surface area (Å²) in [4.78, 5) is 0. The molecule has 3 heteroatoms. The average molecular weight is 364 g/mol. The van der Waals surface area contributed by atoms with Gasteiger partial charge in [-0.2, -0.15) is 0 Å². The van der Waals surface area contributed by atoms with Crippen LogP contribution in [0.4, 0.5) is 0 Å². The van der Waals surface area contributed by atoms with Crippen LogP contribution < -0.4 is 5.46 Å². The smallest absolute Gasteiger partial charge is 0.423 e. The Balaban J connectivity index is 1.65. The summed E-state index contributed by atoms with van der Waals surface area (Å²) < 4.78 is 0. The van der Waals surface area contributed by atoms with Crippen molar-refractivity contribution in [3.63, 3.8) is 0 Å². The van der Waals surface area contributed by atoms with E-state index in [0.717, 1.165) is 5.56 Å². The Morgan fingerprint density at radius 3 is 2.00 bits per heavy atom. The van der Waals surface area contributed by atoms with Crippen molar-refractivity contribution in [1.29, 1.82) is 0 Å². The van der Waals surface area contributed by atoms with Crippen molar-refractivity contribution in [1.82, 2.24) is 0 Å². The number of hydrogen-bond donors (Lipinski definition) is 2. The highest BCUT2D eigenvalue weighted by Gasteiger charge is 2.36. The first-order valence-corrected chi connectivity index (χ1v) is 9.60. The minimum absolute atomic E-state index is 0.192. The molecule has 0 amide bonds. The van der Waals surface area contributed by atoms with E-state index in [2.05, 4.69) is 74.5 Å². The van der Waals surface area contributed by atoms with Crippen LogP contribution in [0, 0.1) is 0 Å². The lowest BCUT2D eigenvalue weighted by Crippen LogP contribution is -2.31. The fourth-order valence-electron chi connectivity index (χ4n) is 4.46. The highest BCUT2D eigenvalue weighted by molar-refractivity contribution is 6.58. The Kier molecular flexibility index (Phi) is 3.73. The van der Waals surface area contributed by atoms with E-state index < -0.39 is 7.12 Å². The van der Waals surface area contributed by atoms with E-state index >= 15 is 0 Å². The second kappa shape index (κ2) is 6.06. The van der Waals surface area contributed by atoms with E-state index in [0.29, 0.717) is 5.46 Å². The third kappa shape index (κ3) is 2.51. The minimum Gasteiger partial charge on any atom is -0.423 e. The van der Waals surface area contributed by atoms with Crippen LogP contribution in [-0.2, 0) is 5.41 Å². The standard InChI is InChI=1S/C25H21BO2/c1-25(2)23-14-19(18-8-7-16-5-3-4-6-17(16)13-18)9-11-21(23)22-12-10-20(26(27)28)15-24(22)25/h3-15,27-28H,1-2H3. The summed E-state index contributed by atoms with van der Waals surface area (Å²) in [6.07, 6.45) is 0. The molecule has 0 fully saturated rings. The lowest BCUT2D eigenvalue weighted by atomic mass is 9.75. The van der Waals surface area contributed by atoms with Gasteiger partial charge in [-0.3, -0.25) is 0 Å². The number of fused-ring (bicyclic) bond motifs is 4. The van der Waals surface area contributed by atoms with Crippen LogP contribution in [0.3, 0.4) is 0 Å². The first-order valence-electron chi connectivity index (χ1n) is 9.60. The summed E-state index contributed by atoms with van der Waals surface area (Å²) in [6, 6.07) is 27.4. The summed E-state index contributed by atoms with van der Waals surface area (Å²) in [6.45, 7) is 4.41. The predicted molar refractivity (Wildman–Crippen MR) is 117 cm³/mol. The molecule has 0 radical (unpaired) electrons. The molecule has 136 valence electrons. The summed E-state index contributed by atoms with van der Waals surface area (Å²) in [7, 11) is -1.45. The molecule has 0 spiro atoms. The molecule has 28 heavy (non-hydrogen) atoms. The van der Waals surface area contributed by atoms with E-state index in [1.807, 2.05) is 12.1 Å². The minimum atomic E-state index is -1.45. The van der Waals surface area contributed by atoms with Gasteiger partial charge < -0.3 is 10.0 Å². The van der Waals surface area contributed by atoms with Gasteiger partial charge in [0.05, 0.1) is 0 Å². The molecular formula is C25H21BO2. The topological polar surface area (TPSA) is 40.5 Å². The van der Waals surface area contributed by atoms with Gasteiger partial charge in [0, 0.05) is 5.41 Å². The van der Waals surface area contributed by atoms with Gasteiger partial charge in [0.1, 0.15) is 0 Å². The van der Waals surface area contributed by atoms with Gasteiger partial charge in [0.15, 0.2) is 0 Å². The van der Waals surface area contributed by atoms with Crippen LogP contribution in [0.2, 0.25) is 0 Å². The third-order valence-electron chi connectivity index (χ3n) is 6.08. The van der Waals surface area contributed by atoms with E-state index in [-0.39, 0.29) is 5.41 Å². The lowest BCUT2D eigenvalue weighted by molar-refractivity contribution is 0.425. The zero-order valence-electron chi connectivity index (χ0n) is 16.0. The molecule has 2 nitrogen and oxygen atoms in total. The van der Waals surface area contributed by atoms with Crippen LogP contribution in [0.15, 0.2) is 78.9 Å². The monoisotopic (exact) mass is 364 g/mol. The summed E-state index contributed by atoms with van der Waals surface area (Å²) >= 11 is 0. The van der Waals surface area contributed by atoms with E-state index in [1.165, 1.54) is 38.6 Å². The molecule has 0 unspecified atom stereocenters. The molecule has 0 saturated carbocycles. The molecule has 0 aliphatic heterocycles. The molecule has 0 aromatic heterocycles. The normalized spacial score (nSPS) is 14.0. The van der Waals surface area contributed by atoms with Crippen molar-refractivity contribution in [2.45, 2.75) is 19.3 Å². The maximum absolute atomic E-state index is 9.58. The fourth-order valence-corrected chi connectivity index (χ4v) is 4.46. The van der Waals surface area contributed by atoms with Crippen molar-refractivity contribution in [2.24, 2.45) is 0 Å². The Morgan fingerprint density at radius 2 is 1.25 bits per heavy atom. The van der Waals surface area contributed by atoms with Crippen molar-refractivity contribution < 1.29 is 10.0 Å². The number of benzene rings is 4. The van der Waals surface area contributed by atoms with Gasteiger partial charge in [-0.15, -0.1) is 0 Å². The molecule has 1 aliphatic carbocycles. The zero-order chi connectivity index (χ0) is 19.5. The second-order valence-corrected chi connectivity index (χ2v) is 8.13. The van der Waals surface area contributed by atoms with Gasteiger partial charge in [0.2, 0.25) is 0 Å². The number of hydrogen-bond acceptors (Lipinski definition) is 2. The highest BCUT2D eigenvalue weighted by Crippen LogP contribution is 2.49.